The Balaban J connectivity index is 2.72. The van der Waals surface area contributed by atoms with Crippen LogP contribution in [0.5, 0.6) is 0 Å². The van der Waals surface area contributed by atoms with Gasteiger partial charge in [0.15, 0.2) is 0 Å². The zero-order valence-electron chi connectivity index (χ0n) is 7.43. The molecule has 0 aromatic carbocycles. The highest BCUT2D eigenvalue weighted by molar-refractivity contribution is 5.86. The summed E-state index contributed by atoms with van der Waals surface area (Å²) >= 11 is 0. The van der Waals surface area contributed by atoms with Crippen LogP contribution in [0.25, 0.3) is 0 Å². The van der Waals surface area contributed by atoms with Gasteiger partial charge in [0.1, 0.15) is 6.04 Å². The Kier molecular flexibility index (Phi) is 2.55. The normalized spacial score (nSPS) is 22.2. The summed E-state index contributed by atoms with van der Waals surface area (Å²) in [7, 11) is 1.49. The SMILES string of the molecule is C=CCN1CC(C(=O)O)N(C)C1=O. The fraction of sp³-hybridized carbons (Fsp3) is 0.500. The summed E-state index contributed by atoms with van der Waals surface area (Å²) in [5.41, 5.74) is 0. The number of nitrogens with zero attached hydrogens (tertiary/aromatic N) is 2. The third-order valence-corrected chi connectivity index (χ3v) is 2.07. The van der Waals surface area contributed by atoms with Crippen molar-refractivity contribution in [2.75, 3.05) is 20.1 Å². The molecule has 0 aromatic rings. The first kappa shape index (κ1) is 9.57. The first-order chi connectivity index (χ1) is 6.07. The molecule has 1 unspecified atom stereocenters. The molecule has 1 saturated heterocycles. The van der Waals surface area contributed by atoms with Gasteiger partial charge in [-0.25, -0.2) is 9.59 Å². The summed E-state index contributed by atoms with van der Waals surface area (Å²) in [6.07, 6.45) is 1.58. The fourth-order valence-electron chi connectivity index (χ4n) is 1.32. The van der Waals surface area contributed by atoms with Crippen LogP contribution in [-0.4, -0.2) is 53.1 Å². The Hall–Kier alpha value is -1.52. The third-order valence-electron chi connectivity index (χ3n) is 2.07. The van der Waals surface area contributed by atoms with Gasteiger partial charge < -0.3 is 14.9 Å². The molecule has 5 heteroatoms. The predicted octanol–water partition coefficient (Wildman–Crippen LogP) is -0.00700. The predicted molar refractivity (Wildman–Crippen MR) is 46.4 cm³/mol. The summed E-state index contributed by atoms with van der Waals surface area (Å²) in [4.78, 5) is 24.7. The molecule has 0 bridgehead atoms. The molecule has 1 atom stereocenters. The Morgan fingerprint density at radius 1 is 1.85 bits per heavy atom. The van der Waals surface area contributed by atoms with Crippen LogP contribution in [0.4, 0.5) is 4.79 Å². The van der Waals surface area contributed by atoms with Gasteiger partial charge in [0.2, 0.25) is 0 Å². The van der Waals surface area contributed by atoms with E-state index in [0.29, 0.717) is 6.54 Å². The number of hydrogen-bond donors (Lipinski definition) is 1. The van der Waals surface area contributed by atoms with Crippen molar-refractivity contribution in [1.82, 2.24) is 9.80 Å². The molecule has 13 heavy (non-hydrogen) atoms. The molecular weight excluding hydrogens is 172 g/mol. The topological polar surface area (TPSA) is 60.9 Å². The lowest BCUT2D eigenvalue weighted by atomic mass is 10.3. The average molecular weight is 184 g/mol. The minimum absolute atomic E-state index is 0.233. The molecule has 0 aromatic heterocycles. The maximum Gasteiger partial charge on any atom is 0.328 e. The lowest BCUT2D eigenvalue weighted by molar-refractivity contribution is -0.140. The quantitative estimate of drug-likeness (QED) is 0.628. The van der Waals surface area contributed by atoms with Gasteiger partial charge in [-0.1, -0.05) is 6.08 Å². The van der Waals surface area contributed by atoms with Gasteiger partial charge in [-0.2, -0.15) is 0 Å². The van der Waals surface area contributed by atoms with Crippen LogP contribution in [0.1, 0.15) is 0 Å². The number of urea groups is 1. The standard InChI is InChI=1S/C8H12N2O3/c1-3-4-10-5-6(7(11)12)9(2)8(10)13/h3,6H,1,4-5H2,2H3,(H,11,12). The number of carbonyl (C=O) groups is 2. The highest BCUT2D eigenvalue weighted by atomic mass is 16.4. The third kappa shape index (κ3) is 1.63. The first-order valence-corrected chi connectivity index (χ1v) is 3.93. The van der Waals surface area contributed by atoms with E-state index in [4.69, 9.17) is 5.11 Å². The summed E-state index contributed by atoms with van der Waals surface area (Å²) in [5, 5.41) is 8.74. The van der Waals surface area contributed by atoms with Crippen molar-refractivity contribution in [1.29, 1.82) is 0 Å². The largest absolute Gasteiger partial charge is 0.480 e. The smallest absolute Gasteiger partial charge is 0.328 e. The molecular formula is C8H12N2O3. The number of carboxylic acids is 1. The highest BCUT2D eigenvalue weighted by Gasteiger charge is 2.38. The van der Waals surface area contributed by atoms with Crippen LogP contribution >= 0.6 is 0 Å². The number of rotatable bonds is 3. The van der Waals surface area contributed by atoms with E-state index >= 15 is 0 Å². The summed E-state index contributed by atoms with van der Waals surface area (Å²) in [5.74, 6) is -0.970. The van der Waals surface area contributed by atoms with Crippen molar-refractivity contribution in [3.8, 4) is 0 Å². The molecule has 1 aliphatic rings. The Morgan fingerprint density at radius 2 is 2.46 bits per heavy atom. The number of carboxylic acid groups (broad SMARTS) is 1. The monoisotopic (exact) mass is 184 g/mol. The van der Waals surface area contributed by atoms with Gasteiger partial charge in [0.05, 0.1) is 6.54 Å². The van der Waals surface area contributed by atoms with E-state index in [2.05, 4.69) is 6.58 Å². The average Bonchev–Trinajstić information content (AvgIpc) is 2.33. The summed E-state index contributed by atoms with van der Waals surface area (Å²) < 4.78 is 0. The molecule has 2 amide bonds. The van der Waals surface area contributed by atoms with Crippen LogP contribution in [0.2, 0.25) is 0 Å². The first-order valence-electron chi connectivity index (χ1n) is 3.93. The van der Waals surface area contributed by atoms with E-state index in [9.17, 15) is 9.59 Å². The van der Waals surface area contributed by atoms with Gasteiger partial charge in [-0.15, -0.1) is 6.58 Å². The second kappa shape index (κ2) is 3.47. The second-order valence-corrected chi connectivity index (χ2v) is 2.94. The molecule has 1 aliphatic heterocycles. The van der Waals surface area contributed by atoms with Gasteiger partial charge >= 0.3 is 12.0 Å². The fourth-order valence-corrected chi connectivity index (χ4v) is 1.32. The van der Waals surface area contributed by atoms with E-state index in [1.807, 2.05) is 0 Å². The highest BCUT2D eigenvalue weighted by Crippen LogP contribution is 2.13. The van der Waals surface area contributed by atoms with Crippen molar-refractivity contribution >= 4 is 12.0 Å². The molecule has 0 radical (unpaired) electrons. The van der Waals surface area contributed by atoms with Gasteiger partial charge in [-0.05, 0) is 0 Å². The molecule has 1 N–H and O–H groups in total. The minimum Gasteiger partial charge on any atom is -0.480 e. The van der Waals surface area contributed by atoms with Crippen LogP contribution in [0.15, 0.2) is 12.7 Å². The van der Waals surface area contributed by atoms with E-state index in [1.54, 1.807) is 6.08 Å². The number of likely N-dealkylation sites (N-methyl/N-ethyl adjacent to an activating group) is 1. The van der Waals surface area contributed by atoms with Crippen LogP contribution in [0, 0.1) is 0 Å². The van der Waals surface area contributed by atoms with Crippen molar-refractivity contribution in [2.45, 2.75) is 6.04 Å². The zero-order chi connectivity index (χ0) is 10.0. The van der Waals surface area contributed by atoms with E-state index in [0.717, 1.165) is 0 Å². The molecule has 1 rings (SSSR count). The maximum absolute atomic E-state index is 11.4. The number of hydrogen-bond acceptors (Lipinski definition) is 2. The van der Waals surface area contributed by atoms with Crippen LogP contribution in [0.3, 0.4) is 0 Å². The second-order valence-electron chi connectivity index (χ2n) is 2.94. The van der Waals surface area contributed by atoms with Gasteiger partial charge in [0.25, 0.3) is 0 Å². The van der Waals surface area contributed by atoms with E-state index < -0.39 is 12.0 Å². The Bertz CT molecular complexity index is 252. The number of aliphatic carboxylic acids is 1. The molecule has 5 nitrogen and oxygen atoms in total. The molecule has 0 aliphatic carbocycles. The molecule has 0 spiro atoms. The van der Waals surface area contributed by atoms with E-state index in [1.165, 1.54) is 16.8 Å². The van der Waals surface area contributed by atoms with Gasteiger partial charge in [-0.3, -0.25) is 0 Å². The number of amides is 2. The van der Waals surface area contributed by atoms with Crippen molar-refractivity contribution in [3.05, 3.63) is 12.7 Å². The lowest BCUT2D eigenvalue weighted by Crippen LogP contribution is -2.36. The number of carbonyl (C=O) groups excluding carboxylic acids is 1. The van der Waals surface area contributed by atoms with Crippen molar-refractivity contribution in [2.24, 2.45) is 0 Å². The molecule has 1 fully saturated rings. The van der Waals surface area contributed by atoms with Crippen LogP contribution < -0.4 is 0 Å². The summed E-state index contributed by atoms with van der Waals surface area (Å²) in [6, 6.07) is -0.986. The molecule has 1 heterocycles. The van der Waals surface area contributed by atoms with Crippen molar-refractivity contribution in [3.63, 3.8) is 0 Å². The Labute approximate surface area is 76.2 Å². The maximum atomic E-state index is 11.4. The molecule has 0 saturated carbocycles. The van der Waals surface area contributed by atoms with Crippen molar-refractivity contribution < 1.29 is 14.7 Å². The van der Waals surface area contributed by atoms with E-state index in [-0.39, 0.29) is 12.6 Å². The summed E-state index contributed by atoms with van der Waals surface area (Å²) in [6.45, 7) is 4.12. The lowest BCUT2D eigenvalue weighted by Gasteiger charge is -2.13. The van der Waals surface area contributed by atoms with Crippen LogP contribution in [-0.2, 0) is 4.79 Å². The van der Waals surface area contributed by atoms with Gasteiger partial charge in [0, 0.05) is 13.6 Å². The minimum atomic E-state index is -0.970. The Morgan fingerprint density at radius 3 is 2.85 bits per heavy atom. The molecule has 72 valence electrons. The zero-order valence-corrected chi connectivity index (χ0v) is 7.43.